The van der Waals surface area contributed by atoms with Gasteiger partial charge in [-0.1, -0.05) is 54.1 Å². The van der Waals surface area contributed by atoms with Crippen LogP contribution >= 0.6 is 0 Å². The number of amides is 3. The molecule has 192 valence electrons. The highest BCUT2D eigenvalue weighted by Crippen LogP contribution is 2.17. The van der Waals surface area contributed by atoms with E-state index in [1.165, 1.54) is 0 Å². The van der Waals surface area contributed by atoms with Crippen molar-refractivity contribution in [2.24, 2.45) is 0 Å². The van der Waals surface area contributed by atoms with Crippen molar-refractivity contribution in [3.8, 4) is 0 Å². The molecule has 4 aromatic rings. The Balaban J connectivity index is 1.22. The van der Waals surface area contributed by atoms with Crippen molar-refractivity contribution in [1.29, 1.82) is 0 Å². The van der Waals surface area contributed by atoms with E-state index in [4.69, 9.17) is 0 Å². The number of anilines is 4. The maximum absolute atomic E-state index is 12.4. The van der Waals surface area contributed by atoms with Crippen LogP contribution in [0.3, 0.4) is 0 Å². The minimum Gasteiger partial charge on any atom is -0.376 e. The molecule has 0 aliphatic carbocycles. The third-order valence-corrected chi connectivity index (χ3v) is 5.79. The molecule has 0 atom stereocenters. The Kier molecular flexibility index (Phi) is 8.86. The molecule has 0 spiro atoms. The molecule has 0 aliphatic rings. The van der Waals surface area contributed by atoms with Crippen molar-refractivity contribution in [2.45, 2.75) is 19.8 Å². The minimum atomic E-state index is -0.223. The number of hydrogen-bond donors (Lipinski definition) is 4. The van der Waals surface area contributed by atoms with Crippen molar-refractivity contribution in [1.82, 2.24) is 0 Å². The van der Waals surface area contributed by atoms with Gasteiger partial charge in [0.05, 0.1) is 6.54 Å². The maximum atomic E-state index is 12.4. The second kappa shape index (κ2) is 12.9. The largest absolute Gasteiger partial charge is 0.376 e. The Morgan fingerprint density at radius 3 is 2.00 bits per heavy atom. The predicted molar refractivity (Wildman–Crippen MR) is 153 cm³/mol. The van der Waals surface area contributed by atoms with Gasteiger partial charge in [0.2, 0.25) is 11.8 Å². The SMILES string of the molecule is Cc1cccc(C(=O)Nc2ccc(NC(=O)CNc3cccc(NC(=O)CCc4ccccc4)c3)cc2)c1. The van der Waals surface area contributed by atoms with Gasteiger partial charge in [0, 0.05) is 34.7 Å². The van der Waals surface area contributed by atoms with Crippen LogP contribution in [0, 0.1) is 6.92 Å². The molecule has 0 radical (unpaired) electrons. The van der Waals surface area contributed by atoms with E-state index in [0.717, 1.165) is 16.8 Å². The van der Waals surface area contributed by atoms with Gasteiger partial charge < -0.3 is 21.3 Å². The number of nitrogens with one attached hydrogen (secondary N) is 4. The molecule has 4 N–H and O–H groups in total. The molecule has 7 nitrogen and oxygen atoms in total. The third-order valence-electron chi connectivity index (χ3n) is 5.79. The van der Waals surface area contributed by atoms with Crippen LogP contribution < -0.4 is 21.3 Å². The Hall–Kier alpha value is -4.91. The summed E-state index contributed by atoms with van der Waals surface area (Å²) in [6.45, 7) is 1.99. The van der Waals surface area contributed by atoms with Crippen molar-refractivity contribution in [3.05, 3.63) is 120 Å². The minimum absolute atomic E-state index is 0.0528. The van der Waals surface area contributed by atoms with Crippen molar-refractivity contribution < 1.29 is 14.4 Å². The van der Waals surface area contributed by atoms with Crippen LogP contribution in [-0.4, -0.2) is 24.3 Å². The number of carbonyl (C=O) groups excluding carboxylic acids is 3. The molecule has 3 amide bonds. The first-order chi connectivity index (χ1) is 18.4. The van der Waals surface area contributed by atoms with Gasteiger partial charge in [-0.25, -0.2) is 0 Å². The normalized spacial score (nSPS) is 10.3. The fourth-order valence-corrected chi connectivity index (χ4v) is 3.85. The van der Waals surface area contributed by atoms with Gasteiger partial charge >= 0.3 is 0 Å². The standard InChI is InChI=1S/C31H30N4O3/c1-22-7-5-10-24(19-22)31(38)35-26-16-14-25(15-17-26)33-30(37)21-32-27-11-6-12-28(20-27)34-29(36)18-13-23-8-3-2-4-9-23/h2-12,14-17,19-20,32H,13,18,21H2,1H3,(H,33,37)(H,34,36)(H,35,38). The third kappa shape index (κ3) is 8.06. The quantitative estimate of drug-likeness (QED) is 0.216. The lowest BCUT2D eigenvalue weighted by atomic mass is 10.1. The molecule has 4 rings (SSSR count). The monoisotopic (exact) mass is 506 g/mol. The van der Waals surface area contributed by atoms with Crippen LogP contribution in [0.15, 0.2) is 103 Å². The van der Waals surface area contributed by atoms with Crippen LogP contribution in [-0.2, 0) is 16.0 Å². The summed E-state index contributed by atoms with van der Waals surface area (Å²) in [5.74, 6) is -0.481. The van der Waals surface area contributed by atoms with Crippen LogP contribution in [0.1, 0.15) is 27.9 Å². The zero-order valence-electron chi connectivity index (χ0n) is 21.2. The van der Waals surface area contributed by atoms with Gasteiger partial charge in [-0.3, -0.25) is 14.4 Å². The van der Waals surface area contributed by atoms with Crippen molar-refractivity contribution >= 4 is 40.5 Å². The van der Waals surface area contributed by atoms with E-state index in [1.54, 1.807) is 36.4 Å². The first kappa shape index (κ1) is 26.2. The molecule has 0 fully saturated rings. The summed E-state index contributed by atoms with van der Waals surface area (Å²) in [6.07, 6.45) is 1.06. The summed E-state index contributed by atoms with van der Waals surface area (Å²) in [7, 11) is 0. The molecule has 0 aliphatic heterocycles. The second-order valence-electron chi connectivity index (χ2n) is 8.92. The maximum Gasteiger partial charge on any atom is 0.255 e. The predicted octanol–water partition coefficient (Wildman–Crippen LogP) is 5.87. The second-order valence-corrected chi connectivity index (χ2v) is 8.92. The van der Waals surface area contributed by atoms with E-state index in [1.807, 2.05) is 73.7 Å². The first-order valence-corrected chi connectivity index (χ1v) is 12.4. The van der Waals surface area contributed by atoms with Gasteiger partial charge in [-0.15, -0.1) is 0 Å². The summed E-state index contributed by atoms with van der Waals surface area (Å²) >= 11 is 0. The molecule has 0 aromatic heterocycles. The van der Waals surface area contributed by atoms with Gasteiger partial charge in [0.1, 0.15) is 0 Å². The number of aryl methyl sites for hydroxylation is 2. The molecule has 0 bridgehead atoms. The molecule has 7 heteroatoms. The van der Waals surface area contributed by atoms with Gasteiger partial charge in [0.25, 0.3) is 5.91 Å². The molecule has 0 unspecified atom stereocenters. The average Bonchev–Trinajstić information content (AvgIpc) is 2.93. The van der Waals surface area contributed by atoms with Gasteiger partial charge in [-0.2, -0.15) is 0 Å². The summed E-state index contributed by atoms with van der Waals surface area (Å²) in [6, 6.07) is 31.4. The lowest BCUT2D eigenvalue weighted by Gasteiger charge is -2.11. The highest BCUT2D eigenvalue weighted by Gasteiger charge is 2.08. The molecule has 0 saturated heterocycles. The summed E-state index contributed by atoms with van der Waals surface area (Å²) in [4.78, 5) is 37.2. The molecule has 0 saturated carbocycles. The van der Waals surface area contributed by atoms with E-state index in [-0.39, 0.29) is 24.3 Å². The van der Waals surface area contributed by atoms with Gasteiger partial charge in [-0.05, 0) is 73.5 Å². The number of benzene rings is 4. The Morgan fingerprint density at radius 2 is 1.26 bits per heavy atom. The van der Waals surface area contributed by atoms with Crippen LogP contribution in [0.5, 0.6) is 0 Å². The van der Waals surface area contributed by atoms with E-state index >= 15 is 0 Å². The fourth-order valence-electron chi connectivity index (χ4n) is 3.85. The number of carbonyl (C=O) groups is 3. The highest BCUT2D eigenvalue weighted by molar-refractivity contribution is 6.04. The van der Waals surface area contributed by atoms with Crippen LogP contribution in [0.2, 0.25) is 0 Å². The molecule has 38 heavy (non-hydrogen) atoms. The van der Waals surface area contributed by atoms with Crippen LogP contribution in [0.4, 0.5) is 22.7 Å². The molecule has 0 heterocycles. The lowest BCUT2D eigenvalue weighted by Crippen LogP contribution is -2.21. The molecular formula is C31H30N4O3. The summed E-state index contributed by atoms with van der Waals surface area (Å²) < 4.78 is 0. The Morgan fingerprint density at radius 1 is 0.605 bits per heavy atom. The van der Waals surface area contributed by atoms with E-state index in [9.17, 15) is 14.4 Å². The first-order valence-electron chi connectivity index (χ1n) is 12.4. The summed E-state index contributed by atoms with van der Waals surface area (Å²) in [5, 5.41) is 11.7. The van der Waals surface area contributed by atoms with Gasteiger partial charge in [0.15, 0.2) is 0 Å². The zero-order chi connectivity index (χ0) is 26.7. The fraction of sp³-hybridized carbons (Fsp3) is 0.129. The average molecular weight is 507 g/mol. The molecule has 4 aromatic carbocycles. The van der Waals surface area contributed by atoms with E-state index in [2.05, 4.69) is 21.3 Å². The summed E-state index contributed by atoms with van der Waals surface area (Å²) in [5.41, 5.74) is 5.35. The zero-order valence-corrected chi connectivity index (χ0v) is 21.2. The van der Waals surface area contributed by atoms with E-state index < -0.39 is 0 Å². The molecular weight excluding hydrogens is 476 g/mol. The number of hydrogen-bond acceptors (Lipinski definition) is 4. The Labute approximate surface area is 222 Å². The smallest absolute Gasteiger partial charge is 0.255 e. The topological polar surface area (TPSA) is 99.3 Å². The van der Waals surface area contributed by atoms with Crippen molar-refractivity contribution in [2.75, 3.05) is 27.8 Å². The van der Waals surface area contributed by atoms with E-state index in [0.29, 0.717) is 35.5 Å². The lowest BCUT2D eigenvalue weighted by molar-refractivity contribution is -0.116. The van der Waals surface area contributed by atoms with Crippen molar-refractivity contribution in [3.63, 3.8) is 0 Å². The highest BCUT2D eigenvalue weighted by atomic mass is 16.2. The number of rotatable bonds is 10. The van der Waals surface area contributed by atoms with Crippen LogP contribution in [0.25, 0.3) is 0 Å². The Bertz CT molecular complexity index is 1400.